The van der Waals surface area contributed by atoms with Gasteiger partial charge in [-0.1, -0.05) is 6.92 Å². The maximum Gasteiger partial charge on any atom is 0.347 e. The largest absolute Gasteiger partial charge is 0.479 e. The van der Waals surface area contributed by atoms with Crippen LogP contribution in [0, 0.1) is 17.2 Å². The molecule has 1 amide bonds. The number of rotatable bonds is 7. The molecule has 1 atom stereocenters. The molecule has 0 saturated carbocycles. The zero-order valence-electron chi connectivity index (χ0n) is 17.8. The quantitative estimate of drug-likeness (QED) is 0.685. The van der Waals surface area contributed by atoms with Crippen molar-refractivity contribution in [3.63, 3.8) is 0 Å². The molecular weight excluding hydrogens is 394 g/mol. The van der Waals surface area contributed by atoms with Gasteiger partial charge in [-0.25, -0.2) is 4.79 Å². The number of piperidine rings is 1. The Hall–Kier alpha value is -3.53. The van der Waals surface area contributed by atoms with Crippen molar-refractivity contribution in [2.24, 2.45) is 5.92 Å². The number of carbonyl (C=O) groups is 2. The topological polar surface area (TPSA) is 91.7 Å². The van der Waals surface area contributed by atoms with E-state index in [1.54, 1.807) is 31.2 Å². The van der Waals surface area contributed by atoms with Crippen molar-refractivity contribution >= 4 is 23.3 Å². The number of hydrogen-bond acceptors (Lipinski definition) is 6. The van der Waals surface area contributed by atoms with Gasteiger partial charge in [0, 0.05) is 24.5 Å². The van der Waals surface area contributed by atoms with Gasteiger partial charge < -0.3 is 19.7 Å². The molecule has 7 nitrogen and oxygen atoms in total. The van der Waals surface area contributed by atoms with Crippen LogP contribution in [-0.4, -0.2) is 37.7 Å². The number of esters is 1. The first kappa shape index (κ1) is 22.2. The number of amides is 1. The number of nitrogens with zero attached hydrogens (tertiary/aromatic N) is 2. The molecule has 0 unspecified atom stereocenters. The Morgan fingerprint density at radius 1 is 1.13 bits per heavy atom. The van der Waals surface area contributed by atoms with Crippen LogP contribution in [0.2, 0.25) is 0 Å². The fraction of sp³-hybridized carbons (Fsp3) is 0.375. The number of anilines is 2. The highest BCUT2D eigenvalue weighted by Crippen LogP contribution is 2.24. The first-order valence-corrected chi connectivity index (χ1v) is 10.4. The molecule has 1 aliphatic rings. The molecule has 0 spiro atoms. The van der Waals surface area contributed by atoms with Crippen LogP contribution in [0.1, 0.15) is 32.3 Å². The summed E-state index contributed by atoms with van der Waals surface area (Å²) >= 11 is 0. The van der Waals surface area contributed by atoms with Gasteiger partial charge in [0.25, 0.3) is 5.91 Å². The van der Waals surface area contributed by atoms with Gasteiger partial charge in [0.05, 0.1) is 11.6 Å². The maximum absolute atomic E-state index is 12.1. The smallest absolute Gasteiger partial charge is 0.347 e. The maximum atomic E-state index is 12.1. The molecule has 0 aliphatic carbocycles. The lowest BCUT2D eigenvalue weighted by molar-refractivity contribution is -0.153. The van der Waals surface area contributed by atoms with Crippen LogP contribution in [0.25, 0.3) is 0 Å². The van der Waals surface area contributed by atoms with Crippen LogP contribution >= 0.6 is 0 Å². The van der Waals surface area contributed by atoms with E-state index in [-0.39, 0.29) is 0 Å². The highest BCUT2D eigenvalue weighted by atomic mass is 16.6. The molecule has 162 valence electrons. The van der Waals surface area contributed by atoms with E-state index in [1.165, 1.54) is 12.8 Å². The molecule has 1 aliphatic heterocycles. The summed E-state index contributed by atoms with van der Waals surface area (Å²) in [7, 11) is 0. The molecule has 3 rings (SSSR count). The summed E-state index contributed by atoms with van der Waals surface area (Å²) in [6, 6.07) is 16.1. The normalized spacial score (nSPS) is 14.9. The number of carbonyl (C=O) groups excluding carboxylic acids is 2. The minimum atomic E-state index is -0.882. The van der Waals surface area contributed by atoms with E-state index in [0.29, 0.717) is 17.0 Å². The van der Waals surface area contributed by atoms with Gasteiger partial charge in [0.15, 0.2) is 12.7 Å². The summed E-state index contributed by atoms with van der Waals surface area (Å²) in [6.45, 7) is 5.52. The molecule has 1 saturated heterocycles. The predicted molar refractivity (Wildman–Crippen MR) is 118 cm³/mol. The Balaban J connectivity index is 1.42. The fourth-order valence-corrected chi connectivity index (χ4v) is 3.33. The number of ether oxygens (including phenoxy) is 2. The van der Waals surface area contributed by atoms with Crippen molar-refractivity contribution in [1.29, 1.82) is 5.26 Å². The third kappa shape index (κ3) is 6.48. The van der Waals surface area contributed by atoms with Gasteiger partial charge in [-0.15, -0.1) is 0 Å². The Morgan fingerprint density at radius 3 is 2.39 bits per heavy atom. The second kappa shape index (κ2) is 10.5. The summed E-state index contributed by atoms with van der Waals surface area (Å²) in [4.78, 5) is 26.6. The summed E-state index contributed by atoms with van der Waals surface area (Å²) in [5.74, 6) is 0.151. The predicted octanol–water partition coefficient (Wildman–Crippen LogP) is 3.74. The summed E-state index contributed by atoms with van der Waals surface area (Å²) in [5.41, 5.74) is 2.29. The van der Waals surface area contributed by atoms with Crippen LogP contribution in [0.4, 0.5) is 11.4 Å². The molecule has 0 bridgehead atoms. The van der Waals surface area contributed by atoms with E-state index in [0.717, 1.165) is 24.7 Å². The standard InChI is InChI=1S/C24H27N3O4/c1-17-11-13-27(14-12-17)21-7-5-20(6-8-21)26-23(28)16-30-24(29)18(2)31-22-9-3-19(15-25)4-10-22/h3-10,17-18H,11-14,16H2,1-2H3,(H,26,28)/t18-/m1/s1. The van der Waals surface area contributed by atoms with Crippen LogP contribution < -0.4 is 15.0 Å². The zero-order valence-corrected chi connectivity index (χ0v) is 17.8. The van der Waals surface area contributed by atoms with Gasteiger partial charge in [-0.2, -0.15) is 5.26 Å². The Kier molecular flexibility index (Phi) is 7.50. The first-order chi connectivity index (χ1) is 14.9. The molecule has 2 aromatic carbocycles. The number of benzene rings is 2. The molecule has 1 N–H and O–H groups in total. The minimum Gasteiger partial charge on any atom is -0.479 e. The molecule has 7 heteroatoms. The van der Waals surface area contributed by atoms with E-state index >= 15 is 0 Å². The van der Waals surface area contributed by atoms with Crippen molar-refractivity contribution in [2.45, 2.75) is 32.8 Å². The van der Waals surface area contributed by atoms with Crippen LogP contribution in [0.5, 0.6) is 5.75 Å². The number of nitrogens with one attached hydrogen (secondary N) is 1. The van der Waals surface area contributed by atoms with Crippen molar-refractivity contribution in [3.05, 3.63) is 54.1 Å². The Bertz CT molecular complexity index is 927. The second-order valence-electron chi connectivity index (χ2n) is 7.77. The highest BCUT2D eigenvalue weighted by Gasteiger charge is 2.18. The molecule has 1 heterocycles. The number of nitriles is 1. The highest BCUT2D eigenvalue weighted by molar-refractivity contribution is 5.93. The van der Waals surface area contributed by atoms with Crippen molar-refractivity contribution in [1.82, 2.24) is 0 Å². The zero-order chi connectivity index (χ0) is 22.2. The van der Waals surface area contributed by atoms with E-state index in [4.69, 9.17) is 14.7 Å². The summed E-state index contributed by atoms with van der Waals surface area (Å²) in [6.07, 6.45) is 1.50. The minimum absolute atomic E-state index is 0.397. The van der Waals surface area contributed by atoms with Gasteiger partial charge in [-0.05, 0) is 74.2 Å². The summed E-state index contributed by atoms with van der Waals surface area (Å²) < 4.78 is 10.5. The average Bonchev–Trinajstić information content (AvgIpc) is 2.79. The van der Waals surface area contributed by atoms with Gasteiger partial charge in [-0.3, -0.25) is 4.79 Å². The van der Waals surface area contributed by atoms with Crippen molar-refractivity contribution in [3.8, 4) is 11.8 Å². The van der Waals surface area contributed by atoms with Crippen molar-refractivity contribution < 1.29 is 19.1 Å². The molecule has 1 fully saturated rings. The van der Waals surface area contributed by atoms with Crippen LogP contribution in [0.3, 0.4) is 0 Å². The third-order valence-electron chi connectivity index (χ3n) is 5.27. The van der Waals surface area contributed by atoms with Gasteiger partial charge in [0.2, 0.25) is 0 Å². The van der Waals surface area contributed by atoms with E-state index in [1.807, 2.05) is 30.3 Å². The molecular formula is C24H27N3O4. The lowest BCUT2D eigenvalue weighted by Crippen LogP contribution is -2.32. The Morgan fingerprint density at radius 2 is 1.77 bits per heavy atom. The average molecular weight is 421 g/mol. The van der Waals surface area contributed by atoms with Crippen LogP contribution in [0.15, 0.2) is 48.5 Å². The molecule has 0 radical (unpaired) electrons. The van der Waals surface area contributed by atoms with E-state index in [2.05, 4.69) is 17.1 Å². The van der Waals surface area contributed by atoms with Gasteiger partial charge >= 0.3 is 5.97 Å². The second-order valence-corrected chi connectivity index (χ2v) is 7.77. The number of hydrogen-bond donors (Lipinski definition) is 1. The van der Waals surface area contributed by atoms with E-state index in [9.17, 15) is 9.59 Å². The lowest BCUT2D eigenvalue weighted by atomic mass is 9.99. The SMILES string of the molecule is CC1CCN(c2ccc(NC(=O)COC(=O)[C@@H](C)Oc3ccc(C#N)cc3)cc2)CC1. The monoisotopic (exact) mass is 421 g/mol. The van der Waals surface area contributed by atoms with E-state index < -0.39 is 24.6 Å². The van der Waals surface area contributed by atoms with Crippen LogP contribution in [-0.2, 0) is 14.3 Å². The lowest BCUT2D eigenvalue weighted by Gasteiger charge is -2.32. The summed E-state index contributed by atoms with van der Waals surface area (Å²) in [5, 5.41) is 11.5. The molecule has 0 aromatic heterocycles. The first-order valence-electron chi connectivity index (χ1n) is 10.4. The third-order valence-corrected chi connectivity index (χ3v) is 5.27. The van der Waals surface area contributed by atoms with Crippen molar-refractivity contribution in [2.75, 3.05) is 29.9 Å². The van der Waals surface area contributed by atoms with Gasteiger partial charge in [0.1, 0.15) is 5.75 Å². The Labute approximate surface area is 182 Å². The molecule has 2 aromatic rings. The molecule has 31 heavy (non-hydrogen) atoms. The fourth-order valence-electron chi connectivity index (χ4n) is 3.33.